The molecule has 0 saturated carbocycles. The van der Waals surface area contributed by atoms with Crippen molar-refractivity contribution >= 4 is 26.2 Å². The summed E-state index contributed by atoms with van der Waals surface area (Å²) in [5.74, 6) is 0. The van der Waals surface area contributed by atoms with Crippen LogP contribution in [-0.4, -0.2) is 0 Å². The van der Waals surface area contributed by atoms with Crippen molar-refractivity contribution in [3.05, 3.63) is 41.5 Å². The molecule has 0 N–H and O–H groups in total. The summed E-state index contributed by atoms with van der Waals surface area (Å²) in [4.78, 5) is 0. The molecule has 0 nitrogen and oxygen atoms in total. The smallest absolute Gasteiger partial charge is 0.0189 e. The van der Waals surface area contributed by atoms with Crippen LogP contribution in [0.4, 0.5) is 0 Å². The van der Waals surface area contributed by atoms with Crippen LogP contribution in [0.25, 0.3) is 3.58 Å². The van der Waals surface area contributed by atoms with Gasteiger partial charge in [-0.1, -0.05) is 63.6 Å². The predicted molar refractivity (Wildman–Crippen MR) is 81.4 cm³/mol. The van der Waals surface area contributed by atoms with Gasteiger partial charge in [-0.3, -0.25) is 0 Å². The van der Waals surface area contributed by atoms with Crippen LogP contribution in [0, 0.1) is 0 Å². The van der Waals surface area contributed by atoms with E-state index in [-0.39, 0.29) is 0 Å². The Morgan fingerprint density at radius 3 is 1.60 bits per heavy atom. The third kappa shape index (κ3) is 7.60. The lowest BCUT2D eigenvalue weighted by atomic mass is 10.2. The first-order chi connectivity index (χ1) is 7.22. The Bertz CT molecular complexity index is 256. The summed E-state index contributed by atoms with van der Waals surface area (Å²) in [5, 5.41) is 0. The number of halogens is 1. The van der Waals surface area contributed by atoms with E-state index in [1.165, 1.54) is 14.7 Å². The fraction of sp³-hybridized carbons (Fsp3) is 0.429. The maximum atomic E-state index is 2.38. The van der Waals surface area contributed by atoms with Gasteiger partial charge in [-0.05, 0) is 42.0 Å². The van der Waals surface area contributed by atoms with Crippen LogP contribution in [0.3, 0.4) is 0 Å². The summed E-state index contributed by atoms with van der Waals surface area (Å²) >= 11 is 2.38. The van der Waals surface area contributed by atoms with Crippen LogP contribution in [0.15, 0.2) is 35.9 Å². The monoisotopic (exact) mass is 318 g/mol. The Balaban J connectivity index is 0. The summed E-state index contributed by atoms with van der Waals surface area (Å²) in [6, 6.07) is 10.4. The quantitative estimate of drug-likeness (QED) is 0.563. The molecule has 0 bridgehead atoms. The van der Waals surface area contributed by atoms with E-state index < -0.39 is 0 Å². The highest BCUT2D eigenvalue weighted by Crippen LogP contribution is 2.24. The minimum Gasteiger partial charge on any atom is -0.0683 e. The van der Waals surface area contributed by atoms with Crippen LogP contribution in [-0.2, 0) is 0 Å². The lowest BCUT2D eigenvalue weighted by molar-refractivity contribution is 1.42. The maximum absolute atomic E-state index is 2.38. The molecule has 1 aromatic rings. The molecule has 1 rings (SSSR count). The van der Waals surface area contributed by atoms with Gasteiger partial charge in [-0.25, -0.2) is 0 Å². The van der Waals surface area contributed by atoms with Crippen molar-refractivity contribution < 1.29 is 0 Å². The molecule has 0 atom stereocenters. The van der Waals surface area contributed by atoms with Gasteiger partial charge in [0.1, 0.15) is 0 Å². The number of hydrogen-bond donors (Lipinski definition) is 0. The molecule has 86 valence electrons. The second kappa shape index (κ2) is 11.8. The SMILES string of the molecule is CC.CC.CC(C)=C(I)c1ccccc1. The van der Waals surface area contributed by atoms with Crippen LogP contribution in [0.2, 0.25) is 0 Å². The first-order valence-electron chi connectivity index (χ1n) is 5.60. The van der Waals surface area contributed by atoms with Crippen molar-refractivity contribution in [2.24, 2.45) is 0 Å². The zero-order chi connectivity index (χ0) is 12.3. The maximum Gasteiger partial charge on any atom is 0.0189 e. The summed E-state index contributed by atoms with van der Waals surface area (Å²) in [5.41, 5.74) is 2.69. The van der Waals surface area contributed by atoms with Gasteiger partial charge >= 0.3 is 0 Å². The minimum absolute atomic E-state index is 1.31. The second-order valence-electron chi connectivity index (χ2n) is 2.68. The third-order valence-electron chi connectivity index (χ3n) is 1.47. The standard InChI is InChI=1S/C10H11I.2C2H6/c1-8(2)10(11)9-6-4-3-5-7-9;2*1-2/h3-7H,1-2H3;2*1-2H3. The van der Waals surface area contributed by atoms with E-state index in [2.05, 4.69) is 60.7 Å². The Labute approximate surface area is 109 Å². The van der Waals surface area contributed by atoms with Crippen molar-refractivity contribution in [3.8, 4) is 0 Å². The molecule has 0 heterocycles. The molecule has 0 unspecified atom stereocenters. The molecular weight excluding hydrogens is 295 g/mol. The van der Waals surface area contributed by atoms with Gasteiger partial charge in [0.2, 0.25) is 0 Å². The molecule has 0 aromatic heterocycles. The predicted octanol–water partition coefficient (Wildman–Crippen LogP) is 5.92. The van der Waals surface area contributed by atoms with Gasteiger partial charge < -0.3 is 0 Å². The van der Waals surface area contributed by atoms with Gasteiger partial charge in [-0.2, -0.15) is 0 Å². The fourth-order valence-corrected chi connectivity index (χ4v) is 1.23. The first kappa shape index (κ1) is 17.1. The van der Waals surface area contributed by atoms with Crippen molar-refractivity contribution in [1.82, 2.24) is 0 Å². The Hall–Kier alpha value is -0.310. The lowest BCUT2D eigenvalue weighted by Crippen LogP contribution is -1.76. The van der Waals surface area contributed by atoms with E-state index in [1.54, 1.807) is 0 Å². The average molecular weight is 318 g/mol. The molecule has 0 spiro atoms. The lowest BCUT2D eigenvalue weighted by Gasteiger charge is -2.00. The first-order valence-corrected chi connectivity index (χ1v) is 6.68. The molecule has 1 aromatic carbocycles. The highest BCUT2D eigenvalue weighted by atomic mass is 127. The van der Waals surface area contributed by atoms with Crippen molar-refractivity contribution in [2.75, 3.05) is 0 Å². The fourth-order valence-electron chi connectivity index (χ4n) is 0.873. The molecule has 0 fully saturated rings. The summed E-state index contributed by atoms with van der Waals surface area (Å²) < 4.78 is 1.35. The van der Waals surface area contributed by atoms with Crippen LogP contribution < -0.4 is 0 Å². The van der Waals surface area contributed by atoms with Gasteiger partial charge in [0.15, 0.2) is 0 Å². The van der Waals surface area contributed by atoms with E-state index >= 15 is 0 Å². The van der Waals surface area contributed by atoms with Gasteiger partial charge in [0.05, 0.1) is 0 Å². The van der Waals surface area contributed by atoms with E-state index in [1.807, 2.05) is 33.8 Å². The summed E-state index contributed by atoms with van der Waals surface area (Å²) in [7, 11) is 0. The van der Waals surface area contributed by atoms with Crippen molar-refractivity contribution in [2.45, 2.75) is 41.5 Å². The van der Waals surface area contributed by atoms with Gasteiger partial charge in [0.25, 0.3) is 0 Å². The number of allylic oxidation sites excluding steroid dienone is 1. The van der Waals surface area contributed by atoms with Crippen molar-refractivity contribution in [1.29, 1.82) is 0 Å². The number of hydrogen-bond acceptors (Lipinski definition) is 0. The molecule has 0 amide bonds. The molecule has 1 heteroatoms. The molecular formula is C14H23I. The molecule has 0 saturated heterocycles. The highest BCUT2D eigenvalue weighted by Gasteiger charge is 1.95. The molecule has 0 aliphatic carbocycles. The average Bonchev–Trinajstić information content (AvgIpc) is 2.34. The minimum atomic E-state index is 1.31. The van der Waals surface area contributed by atoms with Crippen LogP contribution >= 0.6 is 22.6 Å². The highest BCUT2D eigenvalue weighted by molar-refractivity contribution is 14.1. The van der Waals surface area contributed by atoms with Crippen LogP contribution in [0.5, 0.6) is 0 Å². The van der Waals surface area contributed by atoms with E-state index in [0.29, 0.717) is 0 Å². The third-order valence-corrected chi connectivity index (χ3v) is 3.17. The zero-order valence-corrected chi connectivity index (χ0v) is 12.9. The Morgan fingerprint density at radius 2 is 1.27 bits per heavy atom. The summed E-state index contributed by atoms with van der Waals surface area (Å²) in [6.45, 7) is 12.3. The van der Waals surface area contributed by atoms with E-state index in [4.69, 9.17) is 0 Å². The van der Waals surface area contributed by atoms with Gasteiger partial charge in [-0.15, -0.1) is 0 Å². The second-order valence-corrected chi connectivity index (χ2v) is 3.76. The Morgan fingerprint density at radius 1 is 0.867 bits per heavy atom. The summed E-state index contributed by atoms with van der Waals surface area (Å²) in [6.07, 6.45) is 0. The Kier molecular flexibility index (Phi) is 13.4. The molecule has 0 aliphatic heterocycles. The molecule has 15 heavy (non-hydrogen) atoms. The molecule has 0 aliphatic rings. The van der Waals surface area contributed by atoms with E-state index in [0.717, 1.165) is 0 Å². The normalized spacial score (nSPS) is 7.67. The van der Waals surface area contributed by atoms with Crippen LogP contribution in [0.1, 0.15) is 47.1 Å². The molecule has 0 radical (unpaired) electrons. The number of benzene rings is 1. The topological polar surface area (TPSA) is 0 Å². The number of rotatable bonds is 1. The van der Waals surface area contributed by atoms with E-state index in [9.17, 15) is 0 Å². The largest absolute Gasteiger partial charge is 0.0683 e. The van der Waals surface area contributed by atoms with Gasteiger partial charge in [0, 0.05) is 3.58 Å². The van der Waals surface area contributed by atoms with Crippen molar-refractivity contribution in [3.63, 3.8) is 0 Å². The zero-order valence-electron chi connectivity index (χ0n) is 10.8.